The van der Waals surface area contributed by atoms with Crippen LogP contribution in [0.2, 0.25) is 0 Å². The summed E-state index contributed by atoms with van der Waals surface area (Å²) in [6.07, 6.45) is 0.0746. The third-order valence-electron chi connectivity index (χ3n) is 1.89. The molecule has 11 heavy (non-hydrogen) atoms. The van der Waals surface area contributed by atoms with E-state index < -0.39 is 0 Å². The number of hydrogen-bond acceptors (Lipinski definition) is 2. The zero-order valence-corrected chi connectivity index (χ0v) is 6.63. The first kappa shape index (κ1) is 6.68. The van der Waals surface area contributed by atoms with Gasteiger partial charge < -0.3 is 4.89 Å². The van der Waals surface area contributed by atoms with E-state index in [9.17, 15) is 0 Å². The van der Waals surface area contributed by atoms with Gasteiger partial charge in [0.15, 0.2) is 5.75 Å². The summed E-state index contributed by atoms with van der Waals surface area (Å²) in [7, 11) is 0. The standard InChI is InChI=1S/C9H10O2/c1-6-3-4-8-7(2)10-11-9(8)5-6/h3-5,7H,1-2H3. The van der Waals surface area contributed by atoms with Crippen LogP contribution in [-0.2, 0) is 4.89 Å². The zero-order chi connectivity index (χ0) is 7.84. The van der Waals surface area contributed by atoms with Crippen molar-refractivity contribution in [3.63, 3.8) is 0 Å². The molecule has 1 heterocycles. The van der Waals surface area contributed by atoms with E-state index in [1.807, 2.05) is 26.0 Å². The van der Waals surface area contributed by atoms with Gasteiger partial charge in [-0.1, -0.05) is 12.1 Å². The summed E-state index contributed by atoms with van der Waals surface area (Å²) in [5, 5.41) is 0. The van der Waals surface area contributed by atoms with Gasteiger partial charge in [-0.3, -0.25) is 0 Å². The van der Waals surface area contributed by atoms with Crippen LogP contribution in [0.3, 0.4) is 0 Å². The average molecular weight is 150 g/mol. The summed E-state index contributed by atoms with van der Waals surface area (Å²) in [6, 6.07) is 6.09. The molecule has 1 unspecified atom stereocenters. The lowest BCUT2D eigenvalue weighted by molar-refractivity contribution is -0.218. The monoisotopic (exact) mass is 150 g/mol. The minimum Gasteiger partial charge on any atom is -0.337 e. The van der Waals surface area contributed by atoms with E-state index in [0.29, 0.717) is 0 Å². The molecule has 0 saturated heterocycles. The largest absolute Gasteiger partial charge is 0.337 e. The van der Waals surface area contributed by atoms with Crippen LogP contribution >= 0.6 is 0 Å². The Kier molecular flexibility index (Phi) is 1.36. The molecule has 1 aromatic rings. The molecule has 0 aliphatic carbocycles. The summed E-state index contributed by atoms with van der Waals surface area (Å²) in [5.74, 6) is 0.859. The van der Waals surface area contributed by atoms with Crippen molar-refractivity contribution in [3.05, 3.63) is 29.3 Å². The number of fused-ring (bicyclic) bond motifs is 1. The number of hydrogen-bond donors (Lipinski definition) is 0. The Labute approximate surface area is 65.7 Å². The van der Waals surface area contributed by atoms with E-state index in [4.69, 9.17) is 9.78 Å². The first-order valence-electron chi connectivity index (χ1n) is 3.71. The van der Waals surface area contributed by atoms with Crippen LogP contribution in [0.1, 0.15) is 24.2 Å². The maximum atomic E-state index is 4.99. The molecule has 2 heteroatoms. The SMILES string of the molecule is Cc1ccc2c(c1)OOC2C. The summed E-state index contributed by atoms with van der Waals surface area (Å²) in [5.41, 5.74) is 2.33. The van der Waals surface area contributed by atoms with Gasteiger partial charge in [0.1, 0.15) is 6.10 Å². The lowest BCUT2D eigenvalue weighted by atomic mass is 10.1. The Balaban J connectivity index is 2.50. The van der Waals surface area contributed by atoms with Crippen LogP contribution < -0.4 is 4.89 Å². The topological polar surface area (TPSA) is 18.5 Å². The van der Waals surface area contributed by atoms with Crippen molar-refractivity contribution in [1.29, 1.82) is 0 Å². The molecule has 0 aromatic heterocycles. The Hall–Kier alpha value is -1.02. The van der Waals surface area contributed by atoms with E-state index >= 15 is 0 Å². The molecule has 0 amide bonds. The molecule has 0 N–H and O–H groups in total. The van der Waals surface area contributed by atoms with Crippen LogP contribution in [0, 0.1) is 6.92 Å². The van der Waals surface area contributed by atoms with E-state index in [2.05, 4.69) is 6.07 Å². The second-order valence-electron chi connectivity index (χ2n) is 2.86. The fraction of sp³-hybridized carbons (Fsp3) is 0.333. The molecule has 58 valence electrons. The predicted octanol–water partition coefficient (Wildman–Crippen LogP) is 2.38. The maximum absolute atomic E-state index is 4.99. The highest BCUT2D eigenvalue weighted by atomic mass is 17.2. The lowest BCUT2D eigenvalue weighted by Gasteiger charge is -1.96. The Morgan fingerprint density at radius 3 is 3.00 bits per heavy atom. The van der Waals surface area contributed by atoms with Crippen LogP contribution in [-0.4, -0.2) is 0 Å². The molecule has 1 atom stereocenters. The Morgan fingerprint density at radius 2 is 2.18 bits per heavy atom. The lowest BCUT2D eigenvalue weighted by Crippen LogP contribution is -1.88. The van der Waals surface area contributed by atoms with Gasteiger partial charge in [0, 0.05) is 5.56 Å². The van der Waals surface area contributed by atoms with Gasteiger partial charge in [0.25, 0.3) is 0 Å². The number of aryl methyl sites for hydroxylation is 1. The van der Waals surface area contributed by atoms with E-state index in [0.717, 1.165) is 11.3 Å². The molecule has 0 saturated carbocycles. The normalized spacial score (nSPS) is 21.1. The second kappa shape index (κ2) is 2.24. The van der Waals surface area contributed by atoms with Crippen molar-refractivity contribution in [2.75, 3.05) is 0 Å². The minimum atomic E-state index is 0.0746. The van der Waals surface area contributed by atoms with Crippen molar-refractivity contribution >= 4 is 0 Å². The van der Waals surface area contributed by atoms with Gasteiger partial charge in [-0.05, 0) is 25.5 Å². The Morgan fingerprint density at radius 1 is 1.36 bits per heavy atom. The molecule has 1 aliphatic heterocycles. The van der Waals surface area contributed by atoms with Crippen molar-refractivity contribution < 1.29 is 9.78 Å². The fourth-order valence-corrected chi connectivity index (χ4v) is 1.23. The molecule has 0 spiro atoms. The van der Waals surface area contributed by atoms with Crippen LogP contribution in [0.5, 0.6) is 5.75 Å². The smallest absolute Gasteiger partial charge is 0.171 e. The number of benzene rings is 1. The summed E-state index contributed by atoms with van der Waals surface area (Å²) in [4.78, 5) is 9.97. The highest BCUT2D eigenvalue weighted by Crippen LogP contribution is 2.34. The zero-order valence-electron chi connectivity index (χ0n) is 6.63. The van der Waals surface area contributed by atoms with Gasteiger partial charge >= 0.3 is 0 Å². The fourth-order valence-electron chi connectivity index (χ4n) is 1.23. The minimum absolute atomic E-state index is 0.0746. The van der Waals surface area contributed by atoms with Crippen LogP contribution in [0.15, 0.2) is 18.2 Å². The summed E-state index contributed by atoms with van der Waals surface area (Å²) >= 11 is 0. The Bertz CT molecular complexity index is 281. The van der Waals surface area contributed by atoms with Crippen molar-refractivity contribution in [3.8, 4) is 5.75 Å². The van der Waals surface area contributed by atoms with Crippen molar-refractivity contribution in [1.82, 2.24) is 0 Å². The molecule has 2 nitrogen and oxygen atoms in total. The van der Waals surface area contributed by atoms with Gasteiger partial charge in [0.05, 0.1) is 0 Å². The molecular formula is C9H10O2. The van der Waals surface area contributed by atoms with Crippen molar-refractivity contribution in [2.24, 2.45) is 0 Å². The molecule has 1 aliphatic rings. The van der Waals surface area contributed by atoms with Crippen LogP contribution in [0.4, 0.5) is 0 Å². The van der Waals surface area contributed by atoms with E-state index in [1.54, 1.807) is 0 Å². The second-order valence-corrected chi connectivity index (χ2v) is 2.86. The van der Waals surface area contributed by atoms with Gasteiger partial charge in [-0.25, -0.2) is 0 Å². The van der Waals surface area contributed by atoms with Crippen molar-refractivity contribution in [2.45, 2.75) is 20.0 Å². The summed E-state index contributed by atoms with van der Waals surface area (Å²) < 4.78 is 0. The number of rotatable bonds is 0. The van der Waals surface area contributed by atoms with E-state index in [1.165, 1.54) is 5.56 Å². The first-order chi connectivity index (χ1) is 5.27. The van der Waals surface area contributed by atoms with Gasteiger partial charge in [-0.2, -0.15) is 4.89 Å². The third kappa shape index (κ3) is 0.994. The van der Waals surface area contributed by atoms with Crippen LogP contribution in [0.25, 0.3) is 0 Å². The quantitative estimate of drug-likeness (QED) is 0.528. The first-order valence-corrected chi connectivity index (χ1v) is 3.71. The highest BCUT2D eigenvalue weighted by Gasteiger charge is 2.21. The maximum Gasteiger partial charge on any atom is 0.171 e. The predicted molar refractivity (Wildman–Crippen MR) is 41.3 cm³/mol. The molecule has 2 rings (SSSR count). The molecule has 0 bridgehead atoms. The molecule has 0 radical (unpaired) electrons. The highest BCUT2D eigenvalue weighted by molar-refractivity contribution is 5.39. The molecule has 0 fully saturated rings. The average Bonchev–Trinajstić information content (AvgIpc) is 2.32. The molecule has 1 aromatic carbocycles. The van der Waals surface area contributed by atoms with Gasteiger partial charge in [0.2, 0.25) is 0 Å². The van der Waals surface area contributed by atoms with E-state index in [-0.39, 0.29) is 6.10 Å². The summed E-state index contributed by atoms with van der Waals surface area (Å²) in [6.45, 7) is 4.01. The third-order valence-corrected chi connectivity index (χ3v) is 1.89. The van der Waals surface area contributed by atoms with Gasteiger partial charge in [-0.15, -0.1) is 0 Å². The molecular weight excluding hydrogens is 140 g/mol.